The summed E-state index contributed by atoms with van der Waals surface area (Å²) in [4.78, 5) is 28.9. The van der Waals surface area contributed by atoms with Crippen LogP contribution in [0.3, 0.4) is 0 Å². The number of aliphatic carboxylic acids is 1. The normalized spacial score (nSPS) is 16.9. The maximum Gasteiger partial charge on any atom is 0.306 e. The van der Waals surface area contributed by atoms with E-state index >= 15 is 0 Å². The lowest BCUT2D eigenvalue weighted by molar-refractivity contribution is -0.144. The molecule has 2 aromatic heterocycles. The third kappa shape index (κ3) is 1.91. The monoisotopic (exact) mass is 274 g/mol. The number of nitrogens with zero attached hydrogens (tertiary/aromatic N) is 4. The van der Waals surface area contributed by atoms with E-state index in [1.807, 2.05) is 0 Å². The van der Waals surface area contributed by atoms with Crippen LogP contribution in [-0.4, -0.2) is 49.6 Å². The second kappa shape index (κ2) is 4.59. The van der Waals surface area contributed by atoms with Crippen molar-refractivity contribution in [1.82, 2.24) is 19.5 Å². The van der Waals surface area contributed by atoms with Gasteiger partial charge in [0, 0.05) is 31.4 Å². The molecule has 0 aromatic carbocycles. The quantitative estimate of drug-likeness (QED) is 0.881. The zero-order valence-electron chi connectivity index (χ0n) is 10.9. The first-order valence-electron chi connectivity index (χ1n) is 6.37. The number of carboxylic acids is 1. The molecule has 1 atom stereocenters. The average molecular weight is 274 g/mol. The largest absolute Gasteiger partial charge is 0.481 e. The van der Waals surface area contributed by atoms with Gasteiger partial charge >= 0.3 is 5.97 Å². The molecule has 0 spiro atoms. The second-order valence-electron chi connectivity index (χ2n) is 5.06. The minimum Gasteiger partial charge on any atom is -0.481 e. The van der Waals surface area contributed by atoms with E-state index in [0.717, 1.165) is 0 Å². The van der Waals surface area contributed by atoms with Crippen molar-refractivity contribution in [2.45, 2.75) is 6.92 Å². The van der Waals surface area contributed by atoms with Gasteiger partial charge in [-0.1, -0.05) is 6.92 Å². The Hall–Kier alpha value is -2.44. The van der Waals surface area contributed by atoms with Gasteiger partial charge in [0.1, 0.15) is 0 Å². The molecule has 0 radical (unpaired) electrons. The molecule has 1 aliphatic rings. The first kappa shape index (κ1) is 12.6. The lowest BCUT2D eigenvalue weighted by atomic mass is 9.87. The maximum absolute atomic E-state index is 12.3. The van der Waals surface area contributed by atoms with Crippen LogP contribution >= 0.6 is 0 Å². The van der Waals surface area contributed by atoms with E-state index in [4.69, 9.17) is 5.11 Å². The second-order valence-corrected chi connectivity index (χ2v) is 5.06. The number of hydrogen-bond donors (Lipinski definition) is 1. The first-order valence-corrected chi connectivity index (χ1v) is 6.37. The van der Waals surface area contributed by atoms with Crippen LogP contribution in [0.15, 0.2) is 24.8 Å². The standard InChI is InChI=1S/C13H14N4O3/c1-8(13(19)20)9-6-16(7-9)12(18)10-4-15-17-3-2-14-5-11(10)17/h2-5,8-9H,6-7H2,1H3,(H,19,20). The van der Waals surface area contributed by atoms with Crippen molar-refractivity contribution in [3.63, 3.8) is 0 Å². The molecule has 3 heterocycles. The molecule has 3 rings (SSSR count). The van der Waals surface area contributed by atoms with Crippen LogP contribution in [0, 0.1) is 11.8 Å². The molecule has 1 N–H and O–H groups in total. The molecular formula is C13H14N4O3. The molecule has 1 saturated heterocycles. The molecule has 0 saturated carbocycles. The fourth-order valence-electron chi connectivity index (χ4n) is 2.37. The predicted molar refractivity (Wildman–Crippen MR) is 69.2 cm³/mol. The number of likely N-dealkylation sites (tertiary alicyclic amines) is 1. The van der Waals surface area contributed by atoms with Gasteiger partial charge in [0.15, 0.2) is 0 Å². The summed E-state index contributed by atoms with van der Waals surface area (Å²) in [5.74, 6) is -1.34. The van der Waals surface area contributed by atoms with Gasteiger partial charge in [-0.2, -0.15) is 5.10 Å². The van der Waals surface area contributed by atoms with Crippen LogP contribution in [0.1, 0.15) is 17.3 Å². The summed E-state index contributed by atoms with van der Waals surface area (Å²) in [5, 5.41) is 13.0. The van der Waals surface area contributed by atoms with Gasteiger partial charge in [-0.15, -0.1) is 0 Å². The molecule has 20 heavy (non-hydrogen) atoms. The highest BCUT2D eigenvalue weighted by Crippen LogP contribution is 2.26. The van der Waals surface area contributed by atoms with Gasteiger partial charge < -0.3 is 10.0 Å². The summed E-state index contributed by atoms with van der Waals surface area (Å²) >= 11 is 0. The number of fused-ring (bicyclic) bond motifs is 1. The van der Waals surface area contributed by atoms with Gasteiger partial charge in [-0.25, -0.2) is 4.52 Å². The van der Waals surface area contributed by atoms with Crippen molar-refractivity contribution in [1.29, 1.82) is 0 Å². The lowest BCUT2D eigenvalue weighted by Gasteiger charge is -2.41. The SMILES string of the molecule is CC(C(=O)O)C1CN(C(=O)c2cnn3ccncc23)C1. The fraction of sp³-hybridized carbons (Fsp3) is 0.385. The molecule has 2 aromatic rings. The third-order valence-electron chi connectivity index (χ3n) is 3.85. The summed E-state index contributed by atoms with van der Waals surface area (Å²) < 4.78 is 1.59. The topological polar surface area (TPSA) is 87.8 Å². The van der Waals surface area contributed by atoms with E-state index in [1.165, 1.54) is 6.20 Å². The third-order valence-corrected chi connectivity index (χ3v) is 3.85. The molecule has 104 valence electrons. The Morgan fingerprint density at radius 2 is 2.15 bits per heavy atom. The van der Waals surface area contributed by atoms with E-state index in [9.17, 15) is 9.59 Å². The summed E-state index contributed by atoms with van der Waals surface area (Å²) in [7, 11) is 0. The fourth-order valence-corrected chi connectivity index (χ4v) is 2.37. The van der Waals surface area contributed by atoms with Crippen LogP contribution in [0.25, 0.3) is 5.52 Å². The highest BCUT2D eigenvalue weighted by molar-refractivity contribution is 6.00. The molecule has 1 fully saturated rings. The Morgan fingerprint density at radius 1 is 1.40 bits per heavy atom. The Morgan fingerprint density at radius 3 is 2.85 bits per heavy atom. The Balaban J connectivity index is 1.74. The summed E-state index contributed by atoms with van der Waals surface area (Å²) in [6, 6.07) is 0. The zero-order valence-corrected chi connectivity index (χ0v) is 10.9. The van der Waals surface area contributed by atoms with Crippen LogP contribution < -0.4 is 0 Å². The Labute approximate surface area is 114 Å². The van der Waals surface area contributed by atoms with Crippen molar-refractivity contribution >= 4 is 17.4 Å². The smallest absolute Gasteiger partial charge is 0.306 e. The van der Waals surface area contributed by atoms with Crippen LogP contribution in [0.2, 0.25) is 0 Å². The molecule has 7 heteroatoms. The van der Waals surface area contributed by atoms with E-state index in [0.29, 0.717) is 24.2 Å². The minimum absolute atomic E-state index is 0.0245. The number of rotatable bonds is 3. The van der Waals surface area contributed by atoms with Gasteiger partial charge in [0.05, 0.1) is 29.4 Å². The Bertz CT molecular complexity index is 675. The van der Waals surface area contributed by atoms with Crippen molar-refractivity contribution in [2.24, 2.45) is 11.8 Å². The van der Waals surface area contributed by atoms with Gasteiger partial charge in [-0.3, -0.25) is 14.6 Å². The average Bonchev–Trinajstić information content (AvgIpc) is 2.80. The number of amides is 1. The molecular weight excluding hydrogens is 260 g/mol. The Kier molecular flexibility index (Phi) is 2.89. The van der Waals surface area contributed by atoms with E-state index in [1.54, 1.807) is 34.9 Å². The summed E-state index contributed by atoms with van der Waals surface area (Å²) in [6.07, 6.45) is 6.39. The highest BCUT2D eigenvalue weighted by atomic mass is 16.4. The maximum atomic E-state index is 12.3. The lowest BCUT2D eigenvalue weighted by Crippen LogP contribution is -2.53. The molecule has 1 unspecified atom stereocenters. The number of carbonyl (C=O) groups excluding carboxylic acids is 1. The van der Waals surface area contributed by atoms with E-state index in [2.05, 4.69) is 10.1 Å². The number of carboxylic acid groups (broad SMARTS) is 1. The van der Waals surface area contributed by atoms with Crippen molar-refractivity contribution < 1.29 is 14.7 Å². The number of aromatic nitrogens is 3. The van der Waals surface area contributed by atoms with Crippen LogP contribution in [0.5, 0.6) is 0 Å². The van der Waals surface area contributed by atoms with Gasteiger partial charge in [-0.05, 0) is 0 Å². The number of carbonyl (C=O) groups is 2. The van der Waals surface area contributed by atoms with Crippen LogP contribution in [0.4, 0.5) is 0 Å². The van der Waals surface area contributed by atoms with Gasteiger partial charge in [0.25, 0.3) is 5.91 Å². The van der Waals surface area contributed by atoms with Crippen molar-refractivity contribution in [3.8, 4) is 0 Å². The first-order chi connectivity index (χ1) is 9.58. The van der Waals surface area contributed by atoms with E-state index in [-0.39, 0.29) is 11.8 Å². The molecule has 0 bridgehead atoms. The van der Waals surface area contributed by atoms with E-state index < -0.39 is 11.9 Å². The summed E-state index contributed by atoms with van der Waals surface area (Å²) in [5.41, 5.74) is 1.16. The summed E-state index contributed by atoms with van der Waals surface area (Å²) in [6.45, 7) is 2.63. The number of hydrogen-bond acceptors (Lipinski definition) is 4. The predicted octanol–water partition coefficient (Wildman–Crippen LogP) is 0.522. The molecule has 7 nitrogen and oxygen atoms in total. The van der Waals surface area contributed by atoms with Crippen molar-refractivity contribution in [2.75, 3.05) is 13.1 Å². The highest BCUT2D eigenvalue weighted by Gasteiger charge is 2.38. The minimum atomic E-state index is -0.817. The van der Waals surface area contributed by atoms with Gasteiger partial charge in [0.2, 0.25) is 0 Å². The molecule has 1 amide bonds. The molecule has 0 aliphatic carbocycles. The van der Waals surface area contributed by atoms with Crippen molar-refractivity contribution in [3.05, 3.63) is 30.4 Å². The molecule has 1 aliphatic heterocycles. The van der Waals surface area contributed by atoms with Crippen LogP contribution in [-0.2, 0) is 4.79 Å². The zero-order chi connectivity index (χ0) is 14.3.